The molecule has 8 nitrogen and oxygen atoms in total. The molecule has 1 aromatic heterocycles. The zero-order chi connectivity index (χ0) is 21.1. The fourth-order valence-corrected chi connectivity index (χ4v) is 7.35. The number of hydroxylamine groups is 1. The maximum absolute atomic E-state index is 13.0. The summed E-state index contributed by atoms with van der Waals surface area (Å²) in [4.78, 5) is 24.7. The van der Waals surface area contributed by atoms with E-state index in [0.717, 1.165) is 10.4 Å². The molecule has 3 rings (SSSR count). The minimum absolute atomic E-state index is 0.0114. The molecule has 1 fully saturated rings. The Morgan fingerprint density at radius 3 is 2.72 bits per heavy atom. The minimum atomic E-state index is -3.57. The van der Waals surface area contributed by atoms with E-state index in [9.17, 15) is 18.0 Å². The van der Waals surface area contributed by atoms with Gasteiger partial charge < -0.3 is 4.74 Å². The largest absolute Gasteiger partial charge is 0.453 e. The first-order valence-electron chi connectivity index (χ1n) is 9.02. The molecule has 1 aromatic carbocycles. The van der Waals surface area contributed by atoms with Crippen molar-refractivity contribution < 1.29 is 28.0 Å². The van der Waals surface area contributed by atoms with Crippen molar-refractivity contribution in [2.45, 2.75) is 30.4 Å². The summed E-state index contributed by atoms with van der Waals surface area (Å²) in [6.07, 6.45) is 0.660. The van der Waals surface area contributed by atoms with Crippen molar-refractivity contribution in [3.63, 3.8) is 0 Å². The SMILES string of the molecule is COC(=O)Nc1cccc(-c2ccc([C@@]3(CC(=O)NO)CCCCS3(=O)=O)s2)c1. The standard InChI is InChI=1S/C19H22N2O6S2/c1-27-18(23)20-14-6-4-5-13(11-14)15-7-8-16(28-15)19(12-17(22)21-24)9-2-3-10-29(19,25)26/h4-8,11,24H,2-3,9-10,12H2,1H3,(H,20,23)(H,21,22)/t19-/m0/s1. The molecule has 2 amide bonds. The molecule has 0 unspecified atom stereocenters. The summed E-state index contributed by atoms with van der Waals surface area (Å²) in [5.41, 5.74) is 2.91. The van der Waals surface area contributed by atoms with Crippen LogP contribution < -0.4 is 10.8 Å². The van der Waals surface area contributed by atoms with Gasteiger partial charge in [0, 0.05) is 15.4 Å². The Morgan fingerprint density at radius 2 is 2.03 bits per heavy atom. The summed E-state index contributed by atoms with van der Waals surface area (Å²) < 4.78 is 29.2. The van der Waals surface area contributed by atoms with Crippen molar-refractivity contribution in [1.29, 1.82) is 0 Å². The molecule has 0 saturated carbocycles. The summed E-state index contributed by atoms with van der Waals surface area (Å²) in [7, 11) is -2.30. The minimum Gasteiger partial charge on any atom is -0.453 e. The number of methoxy groups -OCH3 is 1. The lowest BCUT2D eigenvalue weighted by Crippen LogP contribution is -2.43. The van der Waals surface area contributed by atoms with E-state index in [1.807, 2.05) is 6.07 Å². The van der Waals surface area contributed by atoms with Crippen LogP contribution in [0.25, 0.3) is 10.4 Å². The first-order chi connectivity index (χ1) is 13.8. The Morgan fingerprint density at radius 1 is 1.24 bits per heavy atom. The van der Waals surface area contributed by atoms with Gasteiger partial charge in [0.25, 0.3) is 0 Å². The highest BCUT2D eigenvalue weighted by molar-refractivity contribution is 7.92. The number of benzene rings is 1. The fourth-order valence-electron chi connectivity index (χ4n) is 3.57. The first-order valence-corrected chi connectivity index (χ1v) is 11.5. The van der Waals surface area contributed by atoms with E-state index in [1.54, 1.807) is 35.8 Å². The zero-order valence-electron chi connectivity index (χ0n) is 15.8. The summed E-state index contributed by atoms with van der Waals surface area (Å²) in [6.45, 7) is 0. The van der Waals surface area contributed by atoms with Crippen LogP contribution in [0.5, 0.6) is 0 Å². The average molecular weight is 439 g/mol. The normalized spacial score (nSPS) is 20.6. The van der Waals surface area contributed by atoms with Crippen LogP contribution in [0.15, 0.2) is 36.4 Å². The molecule has 1 atom stereocenters. The fraction of sp³-hybridized carbons (Fsp3) is 0.368. The van der Waals surface area contributed by atoms with Crippen molar-refractivity contribution in [1.82, 2.24) is 5.48 Å². The van der Waals surface area contributed by atoms with Gasteiger partial charge in [0.15, 0.2) is 9.84 Å². The molecule has 1 aliphatic heterocycles. The third-order valence-electron chi connectivity index (χ3n) is 5.04. The topological polar surface area (TPSA) is 122 Å². The number of anilines is 1. The number of nitrogens with one attached hydrogen (secondary N) is 2. The Hall–Kier alpha value is -2.43. The van der Waals surface area contributed by atoms with Crippen molar-refractivity contribution in [3.8, 4) is 10.4 Å². The van der Waals surface area contributed by atoms with Crippen molar-refractivity contribution in [2.75, 3.05) is 18.2 Å². The van der Waals surface area contributed by atoms with Crippen LogP contribution in [-0.4, -0.2) is 38.5 Å². The molecule has 29 heavy (non-hydrogen) atoms. The van der Waals surface area contributed by atoms with E-state index in [2.05, 4.69) is 10.1 Å². The van der Waals surface area contributed by atoms with E-state index in [1.165, 1.54) is 18.4 Å². The van der Waals surface area contributed by atoms with Gasteiger partial charge in [0.05, 0.1) is 19.3 Å². The van der Waals surface area contributed by atoms with Crippen LogP contribution in [0.2, 0.25) is 0 Å². The Balaban J connectivity index is 1.99. The van der Waals surface area contributed by atoms with E-state index < -0.39 is 26.6 Å². The van der Waals surface area contributed by atoms with Crippen LogP contribution >= 0.6 is 11.3 Å². The molecule has 0 bridgehead atoms. The Bertz CT molecular complexity index is 1020. The number of hydrogen-bond donors (Lipinski definition) is 3. The maximum Gasteiger partial charge on any atom is 0.411 e. The van der Waals surface area contributed by atoms with Crippen LogP contribution in [0.4, 0.5) is 10.5 Å². The summed E-state index contributed by atoms with van der Waals surface area (Å²) in [6, 6.07) is 10.6. The molecule has 1 saturated heterocycles. The molecular formula is C19H22N2O6S2. The van der Waals surface area contributed by atoms with Crippen molar-refractivity contribution in [2.24, 2.45) is 0 Å². The number of amides is 2. The van der Waals surface area contributed by atoms with Crippen LogP contribution in [0.3, 0.4) is 0 Å². The third-order valence-corrected chi connectivity index (χ3v) is 9.10. The van der Waals surface area contributed by atoms with E-state index in [-0.39, 0.29) is 12.2 Å². The number of sulfone groups is 1. The van der Waals surface area contributed by atoms with Crippen LogP contribution in [-0.2, 0) is 24.1 Å². The first kappa shape index (κ1) is 21.3. The number of hydrogen-bond acceptors (Lipinski definition) is 7. The molecule has 3 N–H and O–H groups in total. The van der Waals surface area contributed by atoms with Crippen molar-refractivity contribution in [3.05, 3.63) is 41.3 Å². The number of carbonyl (C=O) groups is 2. The predicted octanol–water partition coefficient (Wildman–Crippen LogP) is 3.28. The Labute approximate surface area is 172 Å². The van der Waals surface area contributed by atoms with Crippen molar-refractivity contribution >= 4 is 38.9 Å². The highest BCUT2D eigenvalue weighted by Gasteiger charge is 2.49. The average Bonchev–Trinajstić information content (AvgIpc) is 3.20. The molecule has 2 aromatic rings. The van der Waals surface area contributed by atoms with Gasteiger partial charge in [-0.3, -0.25) is 15.3 Å². The molecule has 1 aliphatic rings. The highest BCUT2D eigenvalue weighted by atomic mass is 32.2. The van der Waals surface area contributed by atoms with E-state index in [4.69, 9.17) is 5.21 Å². The molecule has 156 valence electrons. The molecule has 0 aliphatic carbocycles. The summed E-state index contributed by atoms with van der Waals surface area (Å²) in [5.74, 6) is -0.716. The van der Waals surface area contributed by atoms with Gasteiger partial charge in [-0.2, -0.15) is 0 Å². The second-order valence-electron chi connectivity index (χ2n) is 6.84. The quantitative estimate of drug-likeness (QED) is 0.486. The Kier molecular flexibility index (Phi) is 6.25. The molecule has 10 heteroatoms. The van der Waals surface area contributed by atoms with Gasteiger partial charge in [-0.1, -0.05) is 18.6 Å². The molecule has 2 heterocycles. The van der Waals surface area contributed by atoms with Gasteiger partial charge in [-0.25, -0.2) is 18.7 Å². The van der Waals surface area contributed by atoms with Crippen LogP contribution in [0, 0.1) is 0 Å². The van der Waals surface area contributed by atoms with Crippen LogP contribution in [0.1, 0.15) is 30.6 Å². The zero-order valence-corrected chi connectivity index (χ0v) is 17.4. The predicted molar refractivity (Wildman–Crippen MR) is 110 cm³/mol. The van der Waals surface area contributed by atoms with Gasteiger partial charge in [-0.05, 0) is 42.7 Å². The van der Waals surface area contributed by atoms with E-state index >= 15 is 0 Å². The third kappa shape index (κ3) is 4.29. The lowest BCUT2D eigenvalue weighted by atomic mass is 9.94. The lowest BCUT2D eigenvalue weighted by Gasteiger charge is -2.35. The number of rotatable bonds is 5. The molecule has 0 radical (unpaired) electrons. The summed E-state index contributed by atoms with van der Waals surface area (Å²) in [5, 5.41) is 11.6. The molecule has 0 spiro atoms. The second kappa shape index (κ2) is 8.52. The number of ether oxygens (including phenoxy) is 1. The lowest BCUT2D eigenvalue weighted by molar-refractivity contribution is -0.130. The van der Waals surface area contributed by atoms with Gasteiger partial charge >= 0.3 is 6.09 Å². The summed E-state index contributed by atoms with van der Waals surface area (Å²) >= 11 is 1.29. The highest BCUT2D eigenvalue weighted by Crippen LogP contribution is 2.47. The van der Waals surface area contributed by atoms with Gasteiger partial charge in [-0.15, -0.1) is 11.3 Å². The number of thiophene rings is 1. The molecular weight excluding hydrogens is 416 g/mol. The van der Waals surface area contributed by atoms with E-state index in [0.29, 0.717) is 29.8 Å². The smallest absolute Gasteiger partial charge is 0.411 e. The maximum atomic E-state index is 13.0. The van der Waals surface area contributed by atoms with Gasteiger partial charge in [0.1, 0.15) is 4.75 Å². The van der Waals surface area contributed by atoms with Gasteiger partial charge in [0.2, 0.25) is 5.91 Å². The number of carbonyl (C=O) groups excluding carboxylic acids is 2. The second-order valence-corrected chi connectivity index (χ2v) is 10.3. The monoisotopic (exact) mass is 438 g/mol.